The van der Waals surface area contributed by atoms with Gasteiger partial charge in [0, 0.05) is 24.5 Å². The number of nitrogens with zero attached hydrogens (tertiary/aromatic N) is 3. The summed E-state index contributed by atoms with van der Waals surface area (Å²) in [4.78, 5) is 36.3. The Bertz CT molecular complexity index is 811. The molecule has 1 fully saturated rings. The van der Waals surface area contributed by atoms with E-state index in [1.807, 2.05) is 6.92 Å². The number of thioether (sulfide) groups is 1. The van der Waals surface area contributed by atoms with Gasteiger partial charge < -0.3 is 15.4 Å². The van der Waals surface area contributed by atoms with Gasteiger partial charge in [-0.3, -0.25) is 9.59 Å². The Morgan fingerprint density at radius 1 is 1.31 bits per heavy atom. The molecule has 0 spiro atoms. The molecule has 1 aromatic heterocycles. The van der Waals surface area contributed by atoms with Crippen molar-refractivity contribution in [1.82, 2.24) is 15.3 Å². The number of benzene rings is 1. The van der Waals surface area contributed by atoms with Crippen LogP contribution in [0, 0.1) is 0 Å². The lowest BCUT2D eigenvalue weighted by Gasteiger charge is -2.08. The molecule has 2 amide bonds. The highest BCUT2D eigenvalue weighted by atomic mass is 32.2. The number of hydrogen-bond donors (Lipinski definition) is 2. The maximum absolute atomic E-state index is 12.2. The number of aliphatic imine (C=N–C) groups is 1. The molecular weight excluding hydrogens is 354 g/mol. The average Bonchev–Trinajstić information content (AvgIpc) is 2.96. The van der Waals surface area contributed by atoms with Gasteiger partial charge in [0.15, 0.2) is 5.17 Å². The Hall–Kier alpha value is -2.94. The van der Waals surface area contributed by atoms with Crippen LogP contribution in [0.5, 0.6) is 5.75 Å². The van der Waals surface area contributed by atoms with Crippen molar-refractivity contribution >= 4 is 40.4 Å². The second-order valence-electron chi connectivity index (χ2n) is 5.27. The van der Waals surface area contributed by atoms with Gasteiger partial charge in [-0.2, -0.15) is 4.99 Å². The van der Waals surface area contributed by atoms with Crippen molar-refractivity contribution in [2.45, 2.75) is 18.6 Å². The number of carbonyl (C=O) groups is 2. The molecule has 2 heterocycles. The standard InChI is InChI=1S/C17H17N5O3S/c1-2-25-12-6-4-11(5-7-12)20-14(23)10-13-15(24)21-17(26-13)22-16-18-8-3-9-19-16/h3-9,13H,2,10H2,1H3,(H,20,23)(H,18,19,21,22,24). The maximum atomic E-state index is 12.2. The van der Waals surface area contributed by atoms with Gasteiger partial charge >= 0.3 is 0 Å². The van der Waals surface area contributed by atoms with Gasteiger partial charge in [-0.05, 0) is 37.3 Å². The third-order valence-electron chi connectivity index (χ3n) is 3.35. The molecule has 0 radical (unpaired) electrons. The first-order valence-electron chi connectivity index (χ1n) is 8.00. The van der Waals surface area contributed by atoms with Crippen LogP contribution in [0.4, 0.5) is 11.6 Å². The van der Waals surface area contributed by atoms with Crippen LogP contribution in [-0.4, -0.2) is 38.8 Å². The first-order chi connectivity index (χ1) is 12.6. The number of rotatable bonds is 6. The zero-order valence-corrected chi connectivity index (χ0v) is 14.8. The monoisotopic (exact) mass is 371 g/mol. The minimum Gasteiger partial charge on any atom is -0.494 e. The van der Waals surface area contributed by atoms with Crippen LogP contribution in [0.1, 0.15) is 13.3 Å². The molecule has 8 nitrogen and oxygen atoms in total. The van der Waals surface area contributed by atoms with Gasteiger partial charge in [0.2, 0.25) is 11.8 Å². The second kappa shape index (κ2) is 8.43. The molecule has 26 heavy (non-hydrogen) atoms. The van der Waals surface area contributed by atoms with E-state index in [0.717, 1.165) is 5.75 Å². The van der Waals surface area contributed by atoms with Crippen LogP contribution in [-0.2, 0) is 9.59 Å². The summed E-state index contributed by atoms with van der Waals surface area (Å²) in [6.45, 7) is 2.49. The zero-order chi connectivity index (χ0) is 18.4. The highest BCUT2D eigenvalue weighted by Crippen LogP contribution is 2.24. The molecule has 0 aliphatic carbocycles. The molecule has 2 aromatic rings. The van der Waals surface area contributed by atoms with E-state index in [2.05, 4.69) is 25.6 Å². The number of amides is 2. The molecule has 1 saturated heterocycles. The SMILES string of the molecule is CCOc1ccc(NC(=O)CC2S/C(=N\c3ncccn3)NC2=O)cc1. The van der Waals surface area contributed by atoms with Gasteiger partial charge in [0.25, 0.3) is 5.95 Å². The van der Waals surface area contributed by atoms with Crippen LogP contribution in [0.25, 0.3) is 0 Å². The molecule has 1 aliphatic heterocycles. The van der Waals surface area contributed by atoms with Crippen LogP contribution >= 0.6 is 11.8 Å². The summed E-state index contributed by atoms with van der Waals surface area (Å²) in [5.41, 5.74) is 0.647. The van der Waals surface area contributed by atoms with Gasteiger partial charge in [-0.25, -0.2) is 9.97 Å². The van der Waals surface area contributed by atoms with E-state index in [1.165, 1.54) is 11.8 Å². The first kappa shape index (κ1) is 17.9. The largest absolute Gasteiger partial charge is 0.494 e. The fraction of sp³-hybridized carbons (Fsp3) is 0.235. The van der Waals surface area contributed by atoms with Crippen molar-refractivity contribution in [3.05, 3.63) is 42.7 Å². The average molecular weight is 371 g/mol. The third kappa shape index (κ3) is 4.79. The zero-order valence-electron chi connectivity index (χ0n) is 14.0. The van der Waals surface area contributed by atoms with E-state index in [4.69, 9.17) is 4.74 Å². The van der Waals surface area contributed by atoms with Crippen molar-refractivity contribution in [2.24, 2.45) is 4.99 Å². The van der Waals surface area contributed by atoms with Crippen LogP contribution in [0.2, 0.25) is 0 Å². The molecule has 9 heteroatoms. The van der Waals surface area contributed by atoms with E-state index in [-0.39, 0.29) is 24.2 Å². The van der Waals surface area contributed by atoms with Gasteiger partial charge in [-0.1, -0.05) is 11.8 Å². The summed E-state index contributed by atoms with van der Waals surface area (Å²) in [5, 5.41) is 5.26. The molecule has 1 aromatic carbocycles. The Labute approximate surface area is 154 Å². The van der Waals surface area contributed by atoms with Crippen molar-refractivity contribution in [1.29, 1.82) is 0 Å². The molecule has 3 rings (SSSR count). The number of ether oxygens (including phenoxy) is 1. The van der Waals surface area contributed by atoms with Crippen molar-refractivity contribution in [2.75, 3.05) is 11.9 Å². The Morgan fingerprint density at radius 2 is 2.04 bits per heavy atom. The van der Waals surface area contributed by atoms with E-state index < -0.39 is 5.25 Å². The molecule has 134 valence electrons. The topological polar surface area (TPSA) is 106 Å². The van der Waals surface area contributed by atoms with Crippen LogP contribution < -0.4 is 15.4 Å². The Kier molecular flexibility index (Phi) is 5.80. The highest BCUT2D eigenvalue weighted by Gasteiger charge is 2.32. The minimum atomic E-state index is -0.542. The second-order valence-corrected chi connectivity index (χ2v) is 6.46. The molecule has 1 atom stereocenters. The lowest BCUT2D eigenvalue weighted by molar-refractivity contribution is -0.122. The number of anilines is 1. The Morgan fingerprint density at radius 3 is 2.73 bits per heavy atom. The van der Waals surface area contributed by atoms with Crippen molar-refractivity contribution < 1.29 is 14.3 Å². The summed E-state index contributed by atoms with van der Waals surface area (Å²) >= 11 is 1.19. The minimum absolute atomic E-state index is 0.0401. The van der Waals surface area contributed by atoms with Crippen molar-refractivity contribution in [3.8, 4) is 5.75 Å². The maximum Gasteiger partial charge on any atom is 0.251 e. The van der Waals surface area contributed by atoms with E-state index >= 15 is 0 Å². The number of amidine groups is 1. The summed E-state index contributed by atoms with van der Waals surface area (Å²) < 4.78 is 5.36. The number of nitrogens with one attached hydrogen (secondary N) is 2. The lowest BCUT2D eigenvalue weighted by Crippen LogP contribution is -2.28. The smallest absolute Gasteiger partial charge is 0.251 e. The molecular formula is C17H17N5O3S. The first-order valence-corrected chi connectivity index (χ1v) is 8.88. The molecule has 1 aliphatic rings. The number of carbonyl (C=O) groups excluding carboxylic acids is 2. The molecule has 1 unspecified atom stereocenters. The Balaban J connectivity index is 1.56. The van der Waals surface area contributed by atoms with Crippen molar-refractivity contribution in [3.63, 3.8) is 0 Å². The van der Waals surface area contributed by atoms with E-state index in [1.54, 1.807) is 42.7 Å². The van der Waals surface area contributed by atoms with Gasteiger partial charge in [0.1, 0.15) is 11.0 Å². The summed E-state index contributed by atoms with van der Waals surface area (Å²) in [6, 6.07) is 8.74. The summed E-state index contributed by atoms with van der Waals surface area (Å²) in [5.74, 6) is 0.487. The third-order valence-corrected chi connectivity index (χ3v) is 4.43. The summed E-state index contributed by atoms with van der Waals surface area (Å²) in [6.07, 6.45) is 3.17. The number of aromatic nitrogens is 2. The predicted octanol–water partition coefficient (Wildman–Crippen LogP) is 2.12. The van der Waals surface area contributed by atoms with Crippen LogP contribution in [0.3, 0.4) is 0 Å². The molecule has 2 N–H and O–H groups in total. The highest BCUT2D eigenvalue weighted by molar-refractivity contribution is 8.15. The fourth-order valence-electron chi connectivity index (χ4n) is 2.21. The predicted molar refractivity (Wildman–Crippen MR) is 99.5 cm³/mol. The molecule has 0 saturated carbocycles. The number of hydrogen-bond acceptors (Lipinski definition) is 7. The fourth-order valence-corrected chi connectivity index (χ4v) is 3.18. The normalized spacial score (nSPS) is 17.8. The lowest BCUT2D eigenvalue weighted by atomic mass is 10.2. The quantitative estimate of drug-likeness (QED) is 0.806. The van der Waals surface area contributed by atoms with Gasteiger partial charge in [-0.15, -0.1) is 0 Å². The molecule has 0 bridgehead atoms. The van der Waals surface area contributed by atoms with E-state index in [0.29, 0.717) is 17.5 Å². The van der Waals surface area contributed by atoms with Gasteiger partial charge in [0.05, 0.1) is 6.61 Å². The van der Waals surface area contributed by atoms with Crippen LogP contribution in [0.15, 0.2) is 47.7 Å². The summed E-state index contributed by atoms with van der Waals surface area (Å²) in [7, 11) is 0. The van der Waals surface area contributed by atoms with E-state index in [9.17, 15) is 9.59 Å².